The van der Waals surface area contributed by atoms with E-state index in [-0.39, 0.29) is 0 Å². The molecular formula is C18H27NO. The van der Waals surface area contributed by atoms with E-state index in [1.165, 1.54) is 49.8 Å². The van der Waals surface area contributed by atoms with Crippen LogP contribution in [0.3, 0.4) is 0 Å². The predicted octanol–water partition coefficient (Wildman–Crippen LogP) is 3.86. The average Bonchev–Trinajstić information content (AvgIpc) is 3.32. The van der Waals surface area contributed by atoms with E-state index in [4.69, 9.17) is 4.74 Å². The second-order valence-electron chi connectivity index (χ2n) is 6.55. The number of hydrogen-bond donors (Lipinski definition) is 1. The first kappa shape index (κ1) is 14.1. The lowest BCUT2D eigenvalue weighted by molar-refractivity contribution is 0.111. The molecule has 20 heavy (non-hydrogen) atoms. The van der Waals surface area contributed by atoms with Crippen molar-refractivity contribution in [3.8, 4) is 0 Å². The first-order valence-electron chi connectivity index (χ1n) is 8.23. The number of hydrogen-bond acceptors (Lipinski definition) is 2. The minimum absolute atomic E-state index is 0.608. The van der Waals surface area contributed by atoms with Crippen molar-refractivity contribution in [2.75, 3.05) is 13.2 Å². The van der Waals surface area contributed by atoms with Gasteiger partial charge in [-0.2, -0.15) is 0 Å². The smallest absolute Gasteiger partial charge is 0.0717 e. The highest BCUT2D eigenvalue weighted by Crippen LogP contribution is 2.29. The van der Waals surface area contributed by atoms with Crippen LogP contribution in [0.15, 0.2) is 24.3 Å². The third-order valence-corrected chi connectivity index (χ3v) is 4.78. The van der Waals surface area contributed by atoms with Crippen LogP contribution in [-0.4, -0.2) is 19.2 Å². The molecule has 0 amide bonds. The van der Waals surface area contributed by atoms with E-state index < -0.39 is 0 Å². The largest absolute Gasteiger partial charge is 0.376 e. The summed E-state index contributed by atoms with van der Waals surface area (Å²) in [6.45, 7) is 5.25. The van der Waals surface area contributed by atoms with Crippen LogP contribution in [0, 0.1) is 5.92 Å². The van der Waals surface area contributed by atoms with Crippen LogP contribution in [-0.2, 0) is 11.3 Å². The Bertz CT molecular complexity index is 404. The van der Waals surface area contributed by atoms with Crippen LogP contribution >= 0.6 is 0 Å². The molecule has 2 fully saturated rings. The summed E-state index contributed by atoms with van der Waals surface area (Å²) in [4.78, 5) is 0. The average molecular weight is 273 g/mol. The second kappa shape index (κ2) is 6.73. The summed E-state index contributed by atoms with van der Waals surface area (Å²) in [7, 11) is 0. The molecule has 2 nitrogen and oxygen atoms in total. The van der Waals surface area contributed by atoms with E-state index >= 15 is 0 Å². The predicted molar refractivity (Wildman–Crippen MR) is 82.9 cm³/mol. The molecular weight excluding hydrogens is 246 g/mol. The number of ether oxygens (including phenoxy) is 1. The van der Waals surface area contributed by atoms with E-state index in [1.807, 2.05) is 0 Å². The molecule has 1 saturated heterocycles. The summed E-state index contributed by atoms with van der Waals surface area (Å²) in [6.07, 6.45) is 6.75. The van der Waals surface area contributed by atoms with Crippen molar-refractivity contribution in [2.45, 2.75) is 57.6 Å². The van der Waals surface area contributed by atoms with Crippen molar-refractivity contribution in [1.29, 1.82) is 0 Å². The van der Waals surface area contributed by atoms with Gasteiger partial charge in [0.15, 0.2) is 0 Å². The molecule has 1 unspecified atom stereocenters. The fraction of sp³-hybridized carbons (Fsp3) is 0.667. The van der Waals surface area contributed by atoms with Crippen molar-refractivity contribution in [3.05, 3.63) is 35.4 Å². The lowest BCUT2D eigenvalue weighted by Crippen LogP contribution is -2.37. The molecule has 1 aliphatic heterocycles. The fourth-order valence-corrected chi connectivity index (χ4v) is 3.08. The minimum atomic E-state index is 0.608. The van der Waals surface area contributed by atoms with Gasteiger partial charge in [-0.1, -0.05) is 37.6 Å². The van der Waals surface area contributed by atoms with Gasteiger partial charge in [-0.05, 0) is 55.2 Å². The highest BCUT2D eigenvalue weighted by molar-refractivity contribution is 5.26. The maximum atomic E-state index is 5.75. The summed E-state index contributed by atoms with van der Waals surface area (Å²) >= 11 is 0. The fourth-order valence-electron chi connectivity index (χ4n) is 3.08. The third kappa shape index (κ3) is 3.83. The molecule has 2 heteroatoms. The maximum Gasteiger partial charge on any atom is 0.0717 e. The lowest BCUT2D eigenvalue weighted by atomic mass is 9.88. The van der Waals surface area contributed by atoms with Crippen molar-refractivity contribution < 1.29 is 4.74 Å². The zero-order chi connectivity index (χ0) is 13.8. The molecule has 1 saturated carbocycles. The van der Waals surface area contributed by atoms with Gasteiger partial charge < -0.3 is 10.1 Å². The zero-order valence-electron chi connectivity index (χ0n) is 12.6. The minimum Gasteiger partial charge on any atom is -0.376 e. The Morgan fingerprint density at radius 3 is 2.60 bits per heavy atom. The summed E-state index contributed by atoms with van der Waals surface area (Å²) in [5.41, 5.74) is 2.76. The van der Waals surface area contributed by atoms with Crippen molar-refractivity contribution in [3.63, 3.8) is 0 Å². The van der Waals surface area contributed by atoms with E-state index in [0.29, 0.717) is 12.0 Å². The number of nitrogens with one attached hydrogen (secondary N) is 1. The van der Waals surface area contributed by atoms with E-state index in [1.54, 1.807) is 0 Å². The summed E-state index contributed by atoms with van der Waals surface area (Å²) < 4.78 is 5.75. The van der Waals surface area contributed by atoms with E-state index in [9.17, 15) is 0 Å². The molecule has 3 rings (SSSR count). The van der Waals surface area contributed by atoms with Gasteiger partial charge in [0.1, 0.15) is 0 Å². The van der Waals surface area contributed by atoms with Crippen molar-refractivity contribution >= 4 is 0 Å². The van der Waals surface area contributed by atoms with Gasteiger partial charge >= 0.3 is 0 Å². The Morgan fingerprint density at radius 2 is 1.95 bits per heavy atom. The van der Waals surface area contributed by atoms with Gasteiger partial charge in [-0.15, -0.1) is 0 Å². The molecule has 1 heterocycles. The number of piperidine rings is 1. The van der Waals surface area contributed by atoms with Crippen LogP contribution in [0.2, 0.25) is 0 Å². The van der Waals surface area contributed by atoms with E-state index in [0.717, 1.165) is 19.1 Å². The Hall–Kier alpha value is -0.860. The molecule has 1 aromatic rings. The molecule has 2 atom stereocenters. The van der Waals surface area contributed by atoms with Crippen LogP contribution in [0.1, 0.15) is 56.1 Å². The Labute approximate surface area is 122 Å². The standard InChI is InChI=1S/C18H27NO/c1-14(18-4-2-3-11-19-18)17-9-7-16(8-10-17)13-20-12-15-5-6-15/h7-10,14-15,18-19H,2-6,11-13H2,1H3/t14-,18?/m0/s1. The van der Waals surface area contributed by atoms with Crippen LogP contribution < -0.4 is 5.32 Å². The third-order valence-electron chi connectivity index (χ3n) is 4.78. The molecule has 110 valence electrons. The molecule has 0 aromatic heterocycles. The van der Waals surface area contributed by atoms with Gasteiger partial charge in [0.25, 0.3) is 0 Å². The van der Waals surface area contributed by atoms with Gasteiger partial charge in [0, 0.05) is 12.6 Å². The van der Waals surface area contributed by atoms with Gasteiger partial charge in [0.2, 0.25) is 0 Å². The molecule has 0 bridgehead atoms. The zero-order valence-corrected chi connectivity index (χ0v) is 12.6. The summed E-state index contributed by atoms with van der Waals surface area (Å²) in [6, 6.07) is 9.71. The number of rotatable bonds is 6. The van der Waals surface area contributed by atoms with E-state index in [2.05, 4.69) is 36.5 Å². The maximum absolute atomic E-state index is 5.75. The first-order valence-corrected chi connectivity index (χ1v) is 8.23. The van der Waals surface area contributed by atoms with Gasteiger partial charge in [-0.3, -0.25) is 0 Å². The molecule has 1 N–H and O–H groups in total. The van der Waals surface area contributed by atoms with Gasteiger partial charge in [-0.25, -0.2) is 0 Å². The molecule has 2 aliphatic rings. The monoisotopic (exact) mass is 273 g/mol. The first-order chi connectivity index (χ1) is 9.83. The Balaban J connectivity index is 1.51. The molecule has 0 radical (unpaired) electrons. The quantitative estimate of drug-likeness (QED) is 0.850. The van der Waals surface area contributed by atoms with Crippen molar-refractivity contribution in [2.24, 2.45) is 5.92 Å². The molecule has 0 spiro atoms. The van der Waals surface area contributed by atoms with Crippen molar-refractivity contribution in [1.82, 2.24) is 5.32 Å². The summed E-state index contributed by atoms with van der Waals surface area (Å²) in [5.74, 6) is 1.46. The second-order valence-corrected chi connectivity index (χ2v) is 6.55. The Kier molecular flexibility index (Phi) is 4.74. The highest BCUT2D eigenvalue weighted by Gasteiger charge is 2.22. The lowest BCUT2D eigenvalue weighted by Gasteiger charge is -2.29. The summed E-state index contributed by atoms with van der Waals surface area (Å²) in [5, 5.41) is 3.66. The van der Waals surface area contributed by atoms with Crippen LogP contribution in [0.4, 0.5) is 0 Å². The SMILES string of the molecule is C[C@@H](c1ccc(COCC2CC2)cc1)C1CCCCN1. The molecule has 1 aliphatic carbocycles. The normalized spacial score (nSPS) is 24.6. The Morgan fingerprint density at radius 1 is 1.15 bits per heavy atom. The highest BCUT2D eigenvalue weighted by atomic mass is 16.5. The van der Waals surface area contributed by atoms with Crippen LogP contribution in [0.25, 0.3) is 0 Å². The number of benzene rings is 1. The molecule has 1 aromatic carbocycles. The van der Waals surface area contributed by atoms with Gasteiger partial charge in [0.05, 0.1) is 6.61 Å². The van der Waals surface area contributed by atoms with Crippen LogP contribution in [0.5, 0.6) is 0 Å². The topological polar surface area (TPSA) is 21.3 Å².